The van der Waals surface area contributed by atoms with Crippen LogP contribution in [0.4, 0.5) is 10.5 Å². The topological polar surface area (TPSA) is 92.1 Å². The van der Waals surface area contributed by atoms with Crippen LogP contribution in [-0.4, -0.2) is 69.3 Å². The Hall–Kier alpha value is -3.62. The van der Waals surface area contributed by atoms with Crippen molar-refractivity contribution in [1.82, 2.24) is 24.8 Å². The number of nitrogens with zero attached hydrogens (tertiary/aromatic N) is 5. The molecule has 1 saturated carbocycles. The summed E-state index contributed by atoms with van der Waals surface area (Å²) in [6.07, 6.45) is 4.51. The summed E-state index contributed by atoms with van der Waals surface area (Å²) < 4.78 is 7.20. The number of rotatable bonds is 4. The molecular weight excluding hydrogens is 492 g/mol. The Labute approximate surface area is 229 Å². The van der Waals surface area contributed by atoms with E-state index in [1.165, 1.54) is 5.56 Å². The Bertz CT molecular complexity index is 1410. The summed E-state index contributed by atoms with van der Waals surface area (Å²) in [7, 11) is 0. The predicted molar refractivity (Wildman–Crippen MR) is 149 cm³/mol. The van der Waals surface area contributed by atoms with E-state index in [1.54, 1.807) is 9.42 Å². The van der Waals surface area contributed by atoms with E-state index < -0.39 is 5.60 Å². The number of pyridine rings is 1. The zero-order valence-corrected chi connectivity index (χ0v) is 23.5. The van der Waals surface area contributed by atoms with Crippen molar-refractivity contribution in [3.63, 3.8) is 0 Å². The van der Waals surface area contributed by atoms with Gasteiger partial charge in [0.05, 0.1) is 11.9 Å². The number of nitrogens with one attached hydrogen (secondary N) is 1. The van der Waals surface area contributed by atoms with Gasteiger partial charge in [0.15, 0.2) is 5.65 Å². The monoisotopic (exact) mass is 530 g/mol. The first-order valence-corrected chi connectivity index (χ1v) is 13.9. The van der Waals surface area contributed by atoms with Crippen LogP contribution in [0, 0.1) is 12.3 Å². The highest BCUT2D eigenvalue weighted by molar-refractivity contribution is 5.91. The number of aryl methyl sites for hydroxylation is 1. The molecule has 3 fully saturated rings. The molecule has 3 aliphatic rings. The highest BCUT2D eigenvalue weighted by atomic mass is 16.6. The normalized spacial score (nSPS) is 22.6. The molecule has 9 heteroatoms. The van der Waals surface area contributed by atoms with Crippen LogP contribution in [0.1, 0.15) is 68.7 Å². The lowest BCUT2D eigenvalue weighted by atomic mass is 9.61. The van der Waals surface area contributed by atoms with Gasteiger partial charge in [0.2, 0.25) is 5.82 Å². The number of carbonyl (C=O) groups is 2. The molecule has 2 aromatic heterocycles. The third-order valence-corrected chi connectivity index (χ3v) is 8.51. The van der Waals surface area contributed by atoms with Crippen molar-refractivity contribution >= 4 is 23.3 Å². The van der Waals surface area contributed by atoms with Gasteiger partial charge in [-0.1, -0.05) is 37.3 Å². The SMILES string of the molecule is Cc1cc(N2CC[C@](C)(c3ccccc3)C2)cn2nc(C(=O)NC3CC4(C3)CN(C(=O)OC(C)(C)C)C4)nc12. The maximum atomic E-state index is 13.0. The lowest BCUT2D eigenvalue weighted by Gasteiger charge is -2.58. The summed E-state index contributed by atoms with van der Waals surface area (Å²) in [4.78, 5) is 34.0. The van der Waals surface area contributed by atoms with E-state index in [0.29, 0.717) is 18.7 Å². The van der Waals surface area contributed by atoms with E-state index in [1.807, 2.05) is 33.9 Å². The molecule has 1 atom stereocenters. The van der Waals surface area contributed by atoms with E-state index in [0.717, 1.165) is 43.6 Å². The molecular formula is C30H38N6O3. The van der Waals surface area contributed by atoms with Crippen LogP contribution in [-0.2, 0) is 10.2 Å². The molecule has 0 unspecified atom stereocenters. The number of likely N-dealkylation sites (tertiary alicyclic amines) is 1. The quantitative estimate of drug-likeness (QED) is 0.540. The van der Waals surface area contributed by atoms with Crippen LogP contribution < -0.4 is 10.2 Å². The molecule has 1 aliphatic carbocycles. The number of benzene rings is 1. The molecule has 6 rings (SSSR count). The van der Waals surface area contributed by atoms with Gasteiger partial charge in [-0.3, -0.25) is 4.79 Å². The fourth-order valence-electron chi connectivity index (χ4n) is 6.47. The summed E-state index contributed by atoms with van der Waals surface area (Å²) in [5.41, 5.74) is 3.85. The zero-order chi connectivity index (χ0) is 27.6. The number of carbonyl (C=O) groups excluding carboxylic acids is 2. The maximum absolute atomic E-state index is 13.0. The largest absolute Gasteiger partial charge is 0.444 e. The van der Waals surface area contributed by atoms with Crippen LogP contribution in [0.25, 0.3) is 5.65 Å². The summed E-state index contributed by atoms with van der Waals surface area (Å²) >= 11 is 0. The van der Waals surface area contributed by atoms with E-state index in [-0.39, 0.29) is 34.7 Å². The minimum atomic E-state index is -0.493. The summed E-state index contributed by atoms with van der Waals surface area (Å²) in [6.45, 7) is 13.2. The fourth-order valence-corrected chi connectivity index (χ4v) is 6.47. The van der Waals surface area contributed by atoms with Crippen molar-refractivity contribution in [2.75, 3.05) is 31.1 Å². The number of hydrogen-bond donors (Lipinski definition) is 1. The van der Waals surface area contributed by atoms with E-state index in [4.69, 9.17) is 4.74 Å². The Balaban J connectivity index is 1.07. The van der Waals surface area contributed by atoms with Crippen molar-refractivity contribution in [1.29, 1.82) is 0 Å². The Morgan fingerprint density at radius 3 is 2.51 bits per heavy atom. The molecule has 1 N–H and O–H groups in total. The summed E-state index contributed by atoms with van der Waals surface area (Å²) in [5, 5.41) is 7.64. The smallest absolute Gasteiger partial charge is 0.410 e. The lowest BCUT2D eigenvalue weighted by Crippen LogP contribution is -2.67. The highest BCUT2D eigenvalue weighted by Gasteiger charge is 2.54. The lowest BCUT2D eigenvalue weighted by molar-refractivity contribution is -0.0813. The molecule has 39 heavy (non-hydrogen) atoms. The predicted octanol–water partition coefficient (Wildman–Crippen LogP) is 4.34. The van der Waals surface area contributed by atoms with Gasteiger partial charge in [-0.2, -0.15) is 0 Å². The molecule has 3 aromatic rings. The van der Waals surface area contributed by atoms with E-state index >= 15 is 0 Å². The summed E-state index contributed by atoms with van der Waals surface area (Å²) in [6, 6.07) is 12.9. The Morgan fingerprint density at radius 1 is 1.10 bits per heavy atom. The minimum absolute atomic E-state index is 0.0711. The molecule has 1 aromatic carbocycles. The Kier molecular flexibility index (Phi) is 5.89. The number of amides is 2. The van der Waals surface area contributed by atoms with Crippen LogP contribution in [0.3, 0.4) is 0 Å². The van der Waals surface area contributed by atoms with Gasteiger partial charge in [-0.25, -0.2) is 14.3 Å². The van der Waals surface area contributed by atoms with Crippen LogP contribution in [0.5, 0.6) is 0 Å². The number of fused-ring (bicyclic) bond motifs is 1. The van der Waals surface area contributed by atoms with Crippen molar-refractivity contribution in [3.05, 3.63) is 59.5 Å². The number of hydrogen-bond acceptors (Lipinski definition) is 6. The standard InChI is InChI=1S/C30H38N6O3/c1-20-13-23(34-12-11-29(5,17-34)21-9-7-6-8-10-21)16-36-25(20)32-24(33-36)26(37)31-22-14-30(15-22)18-35(19-30)27(38)39-28(2,3)4/h6-10,13,16,22H,11-12,14-15,17-19H2,1-5H3,(H,31,37)/t29-/m0/s1. The molecule has 2 saturated heterocycles. The molecule has 9 nitrogen and oxygen atoms in total. The number of ether oxygens (including phenoxy) is 1. The minimum Gasteiger partial charge on any atom is -0.444 e. The third-order valence-electron chi connectivity index (χ3n) is 8.51. The second kappa shape index (κ2) is 8.96. The fraction of sp³-hybridized carbons (Fsp3) is 0.533. The average molecular weight is 531 g/mol. The van der Waals surface area contributed by atoms with Crippen molar-refractivity contribution in [3.8, 4) is 0 Å². The first kappa shape index (κ1) is 25.6. The van der Waals surface area contributed by atoms with E-state index in [2.05, 4.69) is 63.6 Å². The van der Waals surface area contributed by atoms with Crippen molar-refractivity contribution < 1.29 is 14.3 Å². The first-order chi connectivity index (χ1) is 18.4. The van der Waals surface area contributed by atoms with Crippen LogP contribution in [0.15, 0.2) is 42.6 Å². The second-order valence-electron chi connectivity index (χ2n) is 13.1. The van der Waals surface area contributed by atoms with E-state index in [9.17, 15) is 9.59 Å². The van der Waals surface area contributed by atoms with Crippen LogP contribution >= 0.6 is 0 Å². The highest BCUT2D eigenvalue weighted by Crippen LogP contribution is 2.48. The molecule has 2 amide bonds. The molecule has 4 heterocycles. The van der Waals surface area contributed by atoms with Crippen molar-refractivity contribution in [2.45, 2.75) is 70.9 Å². The molecule has 0 bridgehead atoms. The van der Waals surface area contributed by atoms with Gasteiger partial charge in [0.25, 0.3) is 5.91 Å². The van der Waals surface area contributed by atoms with Gasteiger partial charge < -0.3 is 19.9 Å². The van der Waals surface area contributed by atoms with Crippen LogP contribution in [0.2, 0.25) is 0 Å². The average Bonchev–Trinajstić information content (AvgIpc) is 3.44. The number of aromatic nitrogens is 3. The molecule has 1 spiro atoms. The number of anilines is 1. The maximum Gasteiger partial charge on any atom is 0.410 e. The first-order valence-electron chi connectivity index (χ1n) is 13.9. The summed E-state index contributed by atoms with van der Waals surface area (Å²) in [5.74, 6) is -0.0589. The molecule has 206 valence electrons. The van der Waals surface area contributed by atoms with Crippen molar-refractivity contribution in [2.24, 2.45) is 5.41 Å². The Morgan fingerprint density at radius 2 is 1.82 bits per heavy atom. The van der Waals surface area contributed by atoms with Gasteiger partial charge in [-0.05, 0) is 64.2 Å². The van der Waals surface area contributed by atoms with Gasteiger partial charge in [-0.15, -0.1) is 5.10 Å². The zero-order valence-electron chi connectivity index (χ0n) is 23.5. The third kappa shape index (κ3) is 4.83. The van der Waals surface area contributed by atoms with Gasteiger partial charge >= 0.3 is 6.09 Å². The second-order valence-corrected chi connectivity index (χ2v) is 13.1. The van der Waals surface area contributed by atoms with Gasteiger partial charge in [0, 0.05) is 43.1 Å². The van der Waals surface area contributed by atoms with Gasteiger partial charge in [0.1, 0.15) is 5.60 Å². The molecule has 0 radical (unpaired) electrons. The molecule has 2 aliphatic heterocycles.